The van der Waals surface area contributed by atoms with Crippen molar-refractivity contribution in [3.05, 3.63) is 53.1 Å². The van der Waals surface area contributed by atoms with Crippen molar-refractivity contribution in [1.82, 2.24) is 0 Å². The van der Waals surface area contributed by atoms with Crippen LogP contribution in [0.1, 0.15) is 10.4 Å². The fraction of sp³-hybridized carbons (Fsp3) is 0. The summed E-state index contributed by atoms with van der Waals surface area (Å²) in [6.07, 6.45) is 0. The van der Waals surface area contributed by atoms with E-state index in [0.29, 0.717) is 16.4 Å². The number of hydrogen-bond acceptors (Lipinski definition) is 3. The predicted molar refractivity (Wildman–Crippen MR) is 69.8 cm³/mol. The predicted octanol–water partition coefficient (Wildman–Crippen LogP) is 3.49. The van der Waals surface area contributed by atoms with E-state index in [4.69, 9.17) is 16.7 Å². The van der Waals surface area contributed by atoms with Gasteiger partial charge in [-0.05, 0) is 30.3 Å². The third kappa shape index (κ3) is 2.55. The molecule has 0 aliphatic carbocycles. The number of halogens is 1. The molecule has 0 radical (unpaired) electrons. The first-order valence-corrected chi connectivity index (χ1v) is 5.53. The molecule has 0 unspecified atom stereocenters. The van der Waals surface area contributed by atoms with Gasteiger partial charge in [-0.1, -0.05) is 23.7 Å². The molecular formula is C13H10ClNO3. The highest BCUT2D eigenvalue weighted by molar-refractivity contribution is 6.31. The summed E-state index contributed by atoms with van der Waals surface area (Å²) in [7, 11) is 0. The number of rotatable bonds is 3. The van der Waals surface area contributed by atoms with E-state index in [-0.39, 0.29) is 11.3 Å². The molecule has 0 spiro atoms. The Balaban J connectivity index is 2.42. The standard InChI is InChI=1S/C13H10ClNO3/c14-8-5-6-9(13(17)18)11(7-8)15-10-3-1-2-4-12(10)16/h1-7,15-16H,(H,17,18). The molecule has 3 N–H and O–H groups in total. The molecule has 0 atom stereocenters. The number of aromatic carboxylic acids is 1. The first-order chi connectivity index (χ1) is 8.58. The number of anilines is 2. The van der Waals surface area contributed by atoms with Gasteiger partial charge in [0.15, 0.2) is 0 Å². The Hall–Kier alpha value is -2.20. The molecule has 0 aliphatic rings. The number of hydrogen-bond donors (Lipinski definition) is 3. The molecule has 0 bridgehead atoms. The molecule has 5 heteroatoms. The lowest BCUT2D eigenvalue weighted by Crippen LogP contribution is -2.02. The van der Waals surface area contributed by atoms with Crippen molar-refractivity contribution in [2.24, 2.45) is 0 Å². The maximum atomic E-state index is 11.1. The van der Waals surface area contributed by atoms with Gasteiger partial charge in [-0.3, -0.25) is 0 Å². The molecular weight excluding hydrogens is 254 g/mol. The van der Waals surface area contributed by atoms with E-state index in [1.54, 1.807) is 18.2 Å². The van der Waals surface area contributed by atoms with Crippen LogP contribution >= 0.6 is 11.6 Å². The summed E-state index contributed by atoms with van der Waals surface area (Å²) in [5.41, 5.74) is 0.835. The van der Waals surface area contributed by atoms with Gasteiger partial charge in [-0.2, -0.15) is 0 Å². The van der Waals surface area contributed by atoms with Crippen molar-refractivity contribution >= 4 is 28.9 Å². The number of carboxylic acid groups (broad SMARTS) is 1. The van der Waals surface area contributed by atoms with Crippen LogP contribution in [0, 0.1) is 0 Å². The zero-order chi connectivity index (χ0) is 13.1. The van der Waals surface area contributed by atoms with E-state index in [2.05, 4.69) is 5.32 Å². The van der Waals surface area contributed by atoms with Crippen LogP contribution in [0.3, 0.4) is 0 Å². The van der Waals surface area contributed by atoms with E-state index >= 15 is 0 Å². The lowest BCUT2D eigenvalue weighted by atomic mass is 10.1. The van der Waals surface area contributed by atoms with Gasteiger partial charge in [0.25, 0.3) is 0 Å². The zero-order valence-corrected chi connectivity index (χ0v) is 9.98. The topological polar surface area (TPSA) is 69.6 Å². The van der Waals surface area contributed by atoms with Crippen molar-refractivity contribution < 1.29 is 15.0 Å². The summed E-state index contributed by atoms with van der Waals surface area (Å²) in [6.45, 7) is 0. The van der Waals surface area contributed by atoms with Gasteiger partial charge in [0.1, 0.15) is 5.75 Å². The molecule has 2 aromatic rings. The Bertz CT molecular complexity index is 599. The van der Waals surface area contributed by atoms with Crippen molar-refractivity contribution in [1.29, 1.82) is 0 Å². The number of para-hydroxylation sites is 2. The van der Waals surface area contributed by atoms with Gasteiger partial charge in [0.05, 0.1) is 16.9 Å². The highest BCUT2D eigenvalue weighted by atomic mass is 35.5. The van der Waals surface area contributed by atoms with Crippen LogP contribution in [0.15, 0.2) is 42.5 Å². The molecule has 0 heterocycles. The lowest BCUT2D eigenvalue weighted by Gasteiger charge is -2.11. The normalized spacial score (nSPS) is 10.1. The molecule has 2 rings (SSSR count). The Morgan fingerprint density at radius 1 is 1.11 bits per heavy atom. The van der Waals surface area contributed by atoms with E-state index in [9.17, 15) is 9.90 Å². The summed E-state index contributed by atoms with van der Waals surface area (Å²) >= 11 is 5.83. The number of carboxylic acids is 1. The molecule has 4 nitrogen and oxygen atoms in total. The number of carbonyl (C=O) groups is 1. The first-order valence-electron chi connectivity index (χ1n) is 5.16. The third-order valence-corrected chi connectivity index (χ3v) is 2.62. The Labute approximate surface area is 108 Å². The second-order valence-electron chi connectivity index (χ2n) is 3.64. The highest BCUT2D eigenvalue weighted by Crippen LogP contribution is 2.29. The van der Waals surface area contributed by atoms with Gasteiger partial charge in [-0.15, -0.1) is 0 Å². The molecule has 0 saturated carbocycles. The van der Waals surface area contributed by atoms with E-state index in [0.717, 1.165) is 0 Å². The summed E-state index contributed by atoms with van der Waals surface area (Å²) in [5, 5.41) is 21.9. The molecule has 2 aromatic carbocycles. The van der Waals surface area contributed by atoms with Crippen LogP contribution in [-0.2, 0) is 0 Å². The summed E-state index contributed by atoms with van der Waals surface area (Å²) in [6, 6.07) is 11.0. The van der Waals surface area contributed by atoms with Gasteiger partial charge in [-0.25, -0.2) is 4.79 Å². The molecule has 0 amide bonds. The van der Waals surface area contributed by atoms with Gasteiger partial charge in [0.2, 0.25) is 0 Å². The number of nitrogens with one attached hydrogen (secondary N) is 1. The van der Waals surface area contributed by atoms with Crippen LogP contribution < -0.4 is 5.32 Å². The fourth-order valence-electron chi connectivity index (χ4n) is 1.53. The fourth-order valence-corrected chi connectivity index (χ4v) is 1.70. The van der Waals surface area contributed by atoms with Crippen LogP contribution in [0.4, 0.5) is 11.4 Å². The first kappa shape index (κ1) is 12.3. The molecule has 0 aliphatic heterocycles. The number of phenols is 1. The SMILES string of the molecule is O=C(O)c1ccc(Cl)cc1Nc1ccccc1O. The molecule has 0 fully saturated rings. The quantitative estimate of drug-likeness (QED) is 0.742. The monoisotopic (exact) mass is 263 g/mol. The Kier molecular flexibility index (Phi) is 3.39. The summed E-state index contributed by atoms with van der Waals surface area (Å²) < 4.78 is 0. The van der Waals surface area contributed by atoms with Gasteiger partial charge in [0, 0.05) is 5.02 Å². The Morgan fingerprint density at radius 3 is 2.50 bits per heavy atom. The maximum Gasteiger partial charge on any atom is 0.337 e. The third-order valence-electron chi connectivity index (χ3n) is 2.39. The van der Waals surface area contributed by atoms with E-state index in [1.165, 1.54) is 24.3 Å². The minimum absolute atomic E-state index is 0.0359. The molecule has 0 saturated heterocycles. The van der Waals surface area contributed by atoms with Crippen molar-refractivity contribution in [2.45, 2.75) is 0 Å². The smallest absolute Gasteiger partial charge is 0.337 e. The average Bonchev–Trinajstić information content (AvgIpc) is 2.32. The highest BCUT2D eigenvalue weighted by Gasteiger charge is 2.11. The summed E-state index contributed by atoms with van der Waals surface area (Å²) in [4.78, 5) is 11.1. The largest absolute Gasteiger partial charge is 0.506 e. The minimum atomic E-state index is -1.07. The maximum absolute atomic E-state index is 11.1. The van der Waals surface area contributed by atoms with E-state index in [1.807, 2.05) is 0 Å². The van der Waals surface area contributed by atoms with Crippen molar-refractivity contribution in [3.8, 4) is 5.75 Å². The van der Waals surface area contributed by atoms with Gasteiger partial charge < -0.3 is 15.5 Å². The Morgan fingerprint density at radius 2 is 1.83 bits per heavy atom. The van der Waals surface area contributed by atoms with Crippen LogP contribution in [-0.4, -0.2) is 16.2 Å². The van der Waals surface area contributed by atoms with Crippen molar-refractivity contribution in [2.75, 3.05) is 5.32 Å². The zero-order valence-electron chi connectivity index (χ0n) is 9.22. The van der Waals surface area contributed by atoms with Crippen LogP contribution in [0.2, 0.25) is 5.02 Å². The number of aromatic hydroxyl groups is 1. The minimum Gasteiger partial charge on any atom is -0.506 e. The molecule has 0 aromatic heterocycles. The molecule has 92 valence electrons. The van der Waals surface area contributed by atoms with Gasteiger partial charge >= 0.3 is 5.97 Å². The number of phenolic OH excluding ortho intramolecular Hbond substituents is 1. The average molecular weight is 264 g/mol. The number of benzene rings is 2. The molecule has 18 heavy (non-hydrogen) atoms. The lowest BCUT2D eigenvalue weighted by molar-refractivity contribution is 0.0698. The second-order valence-corrected chi connectivity index (χ2v) is 4.07. The van der Waals surface area contributed by atoms with Crippen LogP contribution in [0.25, 0.3) is 0 Å². The van der Waals surface area contributed by atoms with E-state index < -0.39 is 5.97 Å². The van der Waals surface area contributed by atoms with Crippen LogP contribution in [0.5, 0.6) is 5.75 Å². The van der Waals surface area contributed by atoms with Crippen molar-refractivity contribution in [3.63, 3.8) is 0 Å². The summed E-state index contributed by atoms with van der Waals surface area (Å²) in [5.74, 6) is -1.03. The second kappa shape index (κ2) is 4.98.